The third-order valence-corrected chi connectivity index (χ3v) is 4.99. The molecule has 2 aromatic heterocycles. The molecule has 0 aliphatic carbocycles. The number of pyridine rings is 1. The monoisotopic (exact) mass is 309 g/mol. The first-order chi connectivity index (χ1) is 11.4. The summed E-state index contributed by atoms with van der Waals surface area (Å²) in [4.78, 5) is 10.1. The van der Waals surface area contributed by atoms with E-state index < -0.39 is 0 Å². The highest BCUT2D eigenvalue weighted by Crippen LogP contribution is 2.16. The van der Waals surface area contributed by atoms with E-state index in [1.165, 1.54) is 48.3 Å². The zero-order valence-corrected chi connectivity index (χ0v) is 13.4. The van der Waals surface area contributed by atoms with Gasteiger partial charge in [-0.15, -0.1) is 0 Å². The van der Waals surface area contributed by atoms with Gasteiger partial charge in [-0.3, -0.25) is 0 Å². The maximum Gasteiger partial charge on any atom is 0.234 e. The highest BCUT2D eigenvalue weighted by molar-refractivity contribution is 5.82. The van der Waals surface area contributed by atoms with E-state index in [9.17, 15) is 0 Å². The molecule has 0 unspecified atom stereocenters. The van der Waals surface area contributed by atoms with Crippen LogP contribution in [-0.2, 0) is 13.1 Å². The molecule has 0 amide bonds. The fourth-order valence-electron chi connectivity index (χ4n) is 3.67. The van der Waals surface area contributed by atoms with Crippen molar-refractivity contribution in [1.29, 1.82) is 0 Å². The van der Waals surface area contributed by atoms with Crippen LogP contribution in [0.3, 0.4) is 0 Å². The molecule has 0 atom stereocenters. The third-order valence-electron chi connectivity index (χ3n) is 4.99. The van der Waals surface area contributed by atoms with Crippen molar-refractivity contribution in [3.05, 3.63) is 66.1 Å². The number of H-pyrrole nitrogens is 2. The van der Waals surface area contributed by atoms with Crippen LogP contribution in [0.15, 0.2) is 54.9 Å². The Morgan fingerprint density at radius 3 is 2.39 bits per heavy atom. The van der Waals surface area contributed by atoms with Crippen molar-refractivity contribution in [2.45, 2.75) is 13.1 Å². The molecule has 3 heterocycles. The van der Waals surface area contributed by atoms with Gasteiger partial charge in [-0.25, -0.2) is 4.98 Å². The van der Waals surface area contributed by atoms with E-state index in [0.29, 0.717) is 0 Å². The van der Waals surface area contributed by atoms with E-state index >= 15 is 0 Å². The van der Waals surface area contributed by atoms with E-state index in [0.717, 1.165) is 13.1 Å². The van der Waals surface area contributed by atoms with Gasteiger partial charge < -0.3 is 14.8 Å². The molecule has 0 saturated carbocycles. The number of para-hydroxylation sites is 1. The van der Waals surface area contributed by atoms with Gasteiger partial charge in [0, 0.05) is 34.8 Å². The first-order valence-corrected chi connectivity index (χ1v) is 8.56. The van der Waals surface area contributed by atoms with Gasteiger partial charge in [0.25, 0.3) is 0 Å². The van der Waals surface area contributed by atoms with E-state index in [1.807, 2.05) is 12.3 Å². The van der Waals surface area contributed by atoms with Crippen LogP contribution >= 0.6 is 0 Å². The normalized spacial score (nSPS) is 21.6. The van der Waals surface area contributed by atoms with Crippen LogP contribution in [0.1, 0.15) is 11.3 Å². The summed E-state index contributed by atoms with van der Waals surface area (Å²) in [6.45, 7) is 7.25. The first kappa shape index (κ1) is 14.4. The summed E-state index contributed by atoms with van der Waals surface area (Å²) < 4.78 is 0. The smallest absolute Gasteiger partial charge is 0.234 e. The summed E-state index contributed by atoms with van der Waals surface area (Å²) in [5.41, 5.74) is 4.05. The second kappa shape index (κ2) is 6.52. The van der Waals surface area contributed by atoms with Gasteiger partial charge in [-0.2, -0.15) is 0 Å². The summed E-state index contributed by atoms with van der Waals surface area (Å²) in [6.07, 6.45) is 4.21. The number of quaternary nitrogens is 2. The van der Waals surface area contributed by atoms with Gasteiger partial charge in [0.2, 0.25) is 5.69 Å². The minimum Gasteiger partial charge on any atom is -0.361 e. The number of aromatic nitrogens is 2. The molecule has 0 spiro atoms. The molecule has 1 saturated heterocycles. The maximum absolute atomic E-state index is 3.40. The lowest BCUT2D eigenvalue weighted by molar-refractivity contribution is -1.03. The van der Waals surface area contributed by atoms with Gasteiger partial charge in [0.05, 0.1) is 0 Å². The molecule has 0 bridgehead atoms. The van der Waals surface area contributed by atoms with E-state index in [4.69, 9.17) is 0 Å². The zero-order chi connectivity index (χ0) is 15.5. The van der Waals surface area contributed by atoms with Crippen LogP contribution in [0.5, 0.6) is 0 Å². The van der Waals surface area contributed by atoms with Crippen molar-refractivity contribution in [3.63, 3.8) is 0 Å². The molecule has 1 fully saturated rings. The number of piperazine rings is 1. The van der Waals surface area contributed by atoms with E-state index in [-0.39, 0.29) is 0 Å². The fraction of sp³-hybridized carbons (Fsp3) is 0.316. The number of nitrogens with one attached hydrogen (secondary N) is 4. The van der Waals surface area contributed by atoms with Crippen LogP contribution in [0.2, 0.25) is 0 Å². The molecule has 4 heteroatoms. The van der Waals surface area contributed by atoms with Gasteiger partial charge in [0.1, 0.15) is 32.7 Å². The van der Waals surface area contributed by atoms with E-state index in [1.54, 1.807) is 9.80 Å². The predicted octanol–water partition coefficient (Wildman–Crippen LogP) is -0.534. The van der Waals surface area contributed by atoms with Gasteiger partial charge in [-0.05, 0) is 12.1 Å². The Morgan fingerprint density at radius 1 is 0.870 bits per heavy atom. The Bertz CT molecular complexity index is 757. The molecule has 118 valence electrons. The zero-order valence-electron chi connectivity index (χ0n) is 13.4. The molecule has 3 aromatic rings. The highest BCUT2D eigenvalue weighted by Gasteiger charge is 2.25. The molecule has 1 aromatic carbocycles. The predicted molar refractivity (Wildman–Crippen MR) is 90.1 cm³/mol. The molecular formula is C19H25N4+3. The molecule has 4 N–H and O–H groups in total. The third kappa shape index (κ3) is 3.28. The maximum atomic E-state index is 3.40. The SMILES string of the molecule is c1ccc(C[NH+]2CC[NH+](Cc3c[nH]c4ccccc34)CC2)[nH+]c1. The lowest BCUT2D eigenvalue weighted by Gasteiger charge is -2.28. The second-order valence-corrected chi connectivity index (χ2v) is 6.60. The minimum atomic E-state index is 1.11. The average Bonchev–Trinajstić information content (AvgIpc) is 3.01. The molecule has 4 nitrogen and oxygen atoms in total. The summed E-state index contributed by atoms with van der Waals surface area (Å²) in [5.74, 6) is 0. The topological polar surface area (TPSA) is 38.8 Å². The average molecular weight is 309 g/mol. The van der Waals surface area contributed by atoms with E-state index in [2.05, 4.69) is 52.6 Å². The lowest BCUT2D eigenvalue weighted by Crippen LogP contribution is -3.27. The molecule has 0 radical (unpaired) electrons. The number of hydrogen-bond donors (Lipinski definition) is 3. The Balaban J connectivity index is 1.35. The van der Waals surface area contributed by atoms with Gasteiger partial charge in [-0.1, -0.05) is 18.2 Å². The Morgan fingerprint density at radius 2 is 1.61 bits per heavy atom. The van der Waals surface area contributed by atoms with Crippen LogP contribution in [-0.4, -0.2) is 31.2 Å². The molecule has 4 rings (SSSR count). The number of fused-ring (bicyclic) bond motifs is 1. The van der Waals surface area contributed by atoms with Crippen LogP contribution in [0.25, 0.3) is 10.9 Å². The summed E-state index contributed by atoms with van der Waals surface area (Å²) in [5, 5.41) is 1.38. The number of rotatable bonds is 4. The highest BCUT2D eigenvalue weighted by atomic mass is 15.3. The fourth-order valence-corrected chi connectivity index (χ4v) is 3.67. The molecule has 1 aliphatic rings. The van der Waals surface area contributed by atoms with Crippen LogP contribution < -0.4 is 14.8 Å². The van der Waals surface area contributed by atoms with Crippen molar-refractivity contribution in [2.24, 2.45) is 0 Å². The van der Waals surface area contributed by atoms with Crippen LogP contribution in [0, 0.1) is 0 Å². The Hall–Kier alpha value is -2.17. The second-order valence-electron chi connectivity index (χ2n) is 6.60. The molecular weight excluding hydrogens is 284 g/mol. The molecule has 1 aliphatic heterocycles. The number of benzene rings is 1. The van der Waals surface area contributed by atoms with Crippen molar-refractivity contribution in [1.82, 2.24) is 4.98 Å². The first-order valence-electron chi connectivity index (χ1n) is 8.56. The van der Waals surface area contributed by atoms with Crippen molar-refractivity contribution < 1.29 is 14.8 Å². The lowest BCUT2D eigenvalue weighted by atomic mass is 10.1. The largest absolute Gasteiger partial charge is 0.361 e. The van der Waals surface area contributed by atoms with Crippen LogP contribution in [0.4, 0.5) is 0 Å². The Labute approximate surface area is 136 Å². The van der Waals surface area contributed by atoms with Crippen molar-refractivity contribution in [2.75, 3.05) is 26.2 Å². The van der Waals surface area contributed by atoms with Crippen molar-refractivity contribution in [3.8, 4) is 0 Å². The number of hydrogen-bond acceptors (Lipinski definition) is 0. The van der Waals surface area contributed by atoms with Gasteiger partial charge >= 0.3 is 0 Å². The van der Waals surface area contributed by atoms with Gasteiger partial charge in [0.15, 0.2) is 12.7 Å². The molecule has 23 heavy (non-hydrogen) atoms. The summed E-state index contributed by atoms with van der Waals surface area (Å²) in [7, 11) is 0. The quantitative estimate of drug-likeness (QED) is 0.580. The number of aromatic amines is 2. The summed E-state index contributed by atoms with van der Waals surface area (Å²) >= 11 is 0. The summed E-state index contributed by atoms with van der Waals surface area (Å²) in [6, 6.07) is 15.0. The Kier molecular flexibility index (Phi) is 4.09. The van der Waals surface area contributed by atoms with Crippen molar-refractivity contribution >= 4 is 10.9 Å². The standard InChI is InChI=1S/C19H22N4/c1-2-7-19-18(6-1)16(13-21-19)14-22-9-11-23(12-10-22)15-17-5-3-4-8-20-17/h1-8,13,21H,9-12,14-15H2/p+3. The minimum absolute atomic E-state index is 1.11.